The van der Waals surface area contributed by atoms with Crippen molar-refractivity contribution in [2.75, 3.05) is 13.1 Å². The molecule has 13 heavy (non-hydrogen) atoms. The SMILES string of the molecule is CCC(CC#N)N1CC2(CCC2)C1. The second-order valence-electron chi connectivity index (χ2n) is 4.68. The van der Waals surface area contributed by atoms with Gasteiger partial charge in [-0.2, -0.15) is 5.26 Å². The van der Waals surface area contributed by atoms with Gasteiger partial charge in [-0.1, -0.05) is 13.3 Å². The minimum atomic E-state index is 0.538. The summed E-state index contributed by atoms with van der Waals surface area (Å²) >= 11 is 0. The third-order valence-electron chi connectivity index (χ3n) is 3.81. The van der Waals surface area contributed by atoms with Crippen LogP contribution in [-0.2, 0) is 0 Å². The van der Waals surface area contributed by atoms with Crippen molar-refractivity contribution in [1.82, 2.24) is 4.90 Å². The fourth-order valence-electron chi connectivity index (χ4n) is 2.70. The molecule has 0 aromatic carbocycles. The standard InChI is InChI=1S/C11H18N2/c1-2-10(4-7-12)13-8-11(9-13)5-3-6-11/h10H,2-6,8-9H2,1H3. The summed E-state index contributed by atoms with van der Waals surface area (Å²) in [6, 6.07) is 2.83. The molecule has 1 heterocycles. The molecule has 1 aliphatic heterocycles. The van der Waals surface area contributed by atoms with Crippen molar-refractivity contribution >= 4 is 0 Å². The van der Waals surface area contributed by atoms with Gasteiger partial charge in [0.15, 0.2) is 0 Å². The van der Waals surface area contributed by atoms with E-state index in [4.69, 9.17) is 5.26 Å². The average molecular weight is 178 g/mol. The molecule has 0 amide bonds. The Morgan fingerprint density at radius 2 is 2.15 bits per heavy atom. The molecular weight excluding hydrogens is 160 g/mol. The van der Waals surface area contributed by atoms with E-state index >= 15 is 0 Å². The molecule has 0 bridgehead atoms. The first-order valence-corrected chi connectivity index (χ1v) is 5.41. The van der Waals surface area contributed by atoms with Crippen LogP contribution in [0.1, 0.15) is 39.0 Å². The van der Waals surface area contributed by atoms with Gasteiger partial charge in [-0.05, 0) is 24.7 Å². The Bertz CT molecular complexity index is 217. The van der Waals surface area contributed by atoms with E-state index in [9.17, 15) is 0 Å². The molecule has 0 radical (unpaired) electrons. The fourth-order valence-corrected chi connectivity index (χ4v) is 2.70. The molecule has 72 valence electrons. The Morgan fingerprint density at radius 1 is 1.46 bits per heavy atom. The highest BCUT2D eigenvalue weighted by Gasteiger charge is 2.48. The van der Waals surface area contributed by atoms with E-state index in [1.807, 2.05) is 0 Å². The molecule has 2 nitrogen and oxygen atoms in total. The van der Waals surface area contributed by atoms with Crippen LogP contribution in [0.15, 0.2) is 0 Å². The quantitative estimate of drug-likeness (QED) is 0.662. The Balaban J connectivity index is 1.80. The topological polar surface area (TPSA) is 27.0 Å². The van der Waals surface area contributed by atoms with Gasteiger partial charge in [0.2, 0.25) is 0 Å². The zero-order valence-corrected chi connectivity index (χ0v) is 8.42. The summed E-state index contributed by atoms with van der Waals surface area (Å²) in [5.74, 6) is 0. The Labute approximate surface area is 80.5 Å². The van der Waals surface area contributed by atoms with Crippen LogP contribution in [0.25, 0.3) is 0 Å². The molecule has 1 atom stereocenters. The van der Waals surface area contributed by atoms with Crippen LogP contribution >= 0.6 is 0 Å². The van der Waals surface area contributed by atoms with Crippen LogP contribution in [-0.4, -0.2) is 24.0 Å². The van der Waals surface area contributed by atoms with Crippen LogP contribution < -0.4 is 0 Å². The summed E-state index contributed by atoms with van der Waals surface area (Å²) in [4.78, 5) is 2.50. The number of nitrogens with zero attached hydrogens (tertiary/aromatic N) is 2. The fraction of sp³-hybridized carbons (Fsp3) is 0.909. The normalized spacial score (nSPS) is 27.4. The lowest BCUT2D eigenvalue weighted by Gasteiger charge is -2.58. The monoisotopic (exact) mass is 178 g/mol. The lowest BCUT2D eigenvalue weighted by Crippen LogP contribution is -2.62. The van der Waals surface area contributed by atoms with Gasteiger partial charge in [0.25, 0.3) is 0 Å². The second kappa shape index (κ2) is 3.31. The zero-order chi connectivity index (χ0) is 9.31. The maximum absolute atomic E-state index is 8.66. The molecule has 2 rings (SSSR count). The molecule has 2 heteroatoms. The summed E-state index contributed by atoms with van der Waals surface area (Å²) in [5, 5.41) is 8.66. The van der Waals surface area contributed by atoms with Crippen molar-refractivity contribution < 1.29 is 0 Å². The highest BCUT2D eigenvalue weighted by Crippen LogP contribution is 2.49. The number of hydrogen-bond donors (Lipinski definition) is 0. The highest BCUT2D eigenvalue weighted by molar-refractivity contribution is 5.03. The summed E-state index contributed by atoms with van der Waals surface area (Å²) in [7, 11) is 0. The summed E-state index contributed by atoms with van der Waals surface area (Å²) in [5.41, 5.74) is 0.711. The van der Waals surface area contributed by atoms with Crippen molar-refractivity contribution in [2.24, 2.45) is 5.41 Å². The molecule has 0 N–H and O–H groups in total. The average Bonchev–Trinajstić information content (AvgIpc) is 1.97. The van der Waals surface area contributed by atoms with E-state index in [2.05, 4.69) is 17.9 Å². The molecule has 1 saturated heterocycles. The smallest absolute Gasteiger partial charge is 0.0638 e. The number of likely N-dealkylation sites (tertiary alicyclic amines) is 1. The van der Waals surface area contributed by atoms with Gasteiger partial charge in [-0.25, -0.2) is 0 Å². The summed E-state index contributed by atoms with van der Waals surface area (Å²) in [6.45, 7) is 4.73. The van der Waals surface area contributed by atoms with Crippen LogP contribution in [0.5, 0.6) is 0 Å². The molecule has 2 fully saturated rings. The first kappa shape index (κ1) is 9.02. The summed E-state index contributed by atoms with van der Waals surface area (Å²) < 4.78 is 0. The van der Waals surface area contributed by atoms with Gasteiger partial charge >= 0.3 is 0 Å². The maximum Gasteiger partial charge on any atom is 0.0638 e. The van der Waals surface area contributed by atoms with E-state index in [0.717, 1.165) is 6.42 Å². The predicted molar refractivity (Wildman–Crippen MR) is 52.2 cm³/mol. The number of rotatable bonds is 3. The predicted octanol–water partition coefficient (Wildman–Crippen LogP) is 2.16. The first-order chi connectivity index (χ1) is 6.29. The van der Waals surface area contributed by atoms with E-state index in [-0.39, 0.29) is 0 Å². The zero-order valence-electron chi connectivity index (χ0n) is 8.42. The summed E-state index contributed by atoms with van der Waals surface area (Å²) in [6.07, 6.45) is 6.15. The van der Waals surface area contributed by atoms with E-state index in [1.165, 1.54) is 32.4 Å². The van der Waals surface area contributed by atoms with Crippen molar-refractivity contribution in [2.45, 2.75) is 45.1 Å². The van der Waals surface area contributed by atoms with Crippen molar-refractivity contribution in [3.63, 3.8) is 0 Å². The van der Waals surface area contributed by atoms with Gasteiger partial charge in [0.1, 0.15) is 0 Å². The largest absolute Gasteiger partial charge is 0.298 e. The van der Waals surface area contributed by atoms with Crippen LogP contribution in [0.2, 0.25) is 0 Å². The molecule has 2 aliphatic rings. The lowest BCUT2D eigenvalue weighted by molar-refractivity contribution is -0.0826. The van der Waals surface area contributed by atoms with Gasteiger partial charge in [0, 0.05) is 19.1 Å². The molecular formula is C11H18N2. The van der Waals surface area contributed by atoms with Crippen LogP contribution in [0, 0.1) is 16.7 Å². The van der Waals surface area contributed by atoms with Crippen LogP contribution in [0.4, 0.5) is 0 Å². The molecule has 0 aromatic heterocycles. The molecule has 1 unspecified atom stereocenters. The lowest BCUT2D eigenvalue weighted by atomic mass is 9.63. The minimum Gasteiger partial charge on any atom is -0.298 e. The van der Waals surface area contributed by atoms with Crippen LogP contribution in [0.3, 0.4) is 0 Å². The number of hydrogen-bond acceptors (Lipinski definition) is 2. The van der Waals surface area contributed by atoms with E-state index in [0.29, 0.717) is 17.9 Å². The van der Waals surface area contributed by atoms with Gasteiger partial charge in [0.05, 0.1) is 12.5 Å². The Kier molecular flexibility index (Phi) is 2.29. The third-order valence-corrected chi connectivity index (χ3v) is 3.81. The minimum absolute atomic E-state index is 0.538. The third kappa shape index (κ3) is 1.46. The van der Waals surface area contributed by atoms with Gasteiger partial charge in [-0.15, -0.1) is 0 Å². The van der Waals surface area contributed by atoms with Gasteiger partial charge < -0.3 is 0 Å². The molecule has 0 aromatic rings. The van der Waals surface area contributed by atoms with Crippen molar-refractivity contribution in [1.29, 1.82) is 5.26 Å². The Morgan fingerprint density at radius 3 is 2.54 bits per heavy atom. The van der Waals surface area contributed by atoms with Gasteiger partial charge in [-0.3, -0.25) is 4.90 Å². The van der Waals surface area contributed by atoms with Crippen molar-refractivity contribution in [3.05, 3.63) is 0 Å². The molecule has 1 saturated carbocycles. The van der Waals surface area contributed by atoms with Crippen molar-refractivity contribution in [3.8, 4) is 6.07 Å². The van der Waals surface area contributed by atoms with E-state index < -0.39 is 0 Å². The second-order valence-corrected chi connectivity index (χ2v) is 4.68. The first-order valence-electron chi connectivity index (χ1n) is 5.41. The number of nitriles is 1. The highest BCUT2D eigenvalue weighted by atomic mass is 15.2. The Hall–Kier alpha value is -0.550. The molecule has 1 aliphatic carbocycles. The van der Waals surface area contributed by atoms with E-state index in [1.54, 1.807) is 0 Å². The maximum atomic E-state index is 8.66. The molecule has 1 spiro atoms.